The van der Waals surface area contributed by atoms with Gasteiger partial charge in [-0.05, 0) is 57.6 Å². The second-order valence-electron chi connectivity index (χ2n) is 6.56. The summed E-state index contributed by atoms with van der Waals surface area (Å²) in [6, 6.07) is 33.3. The second-order valence-corrected chi connectivity index (χ2v) is 6.56. The van der Waals surface area contributed by atoms with Gasteiger partial charge in [0.25, 0.3) is 0 Å². The first-order valence-corrected chi connectivity index (χ1v) is 9.27. The van der Waals surface area contributed by atoms with Gasteiger partial charge in [-0.15, -0.1) is 0 Å². The van der Waals surface area contributed by atoms with Crippen LogP contribution in [0.15, 0.2) is 97.1 Å². The van der Waals surface area contributed by atoms with Gasteiger partial charge in [-0.3, -0.25) is 0 Å². The summed E-state index contributed by atoms with van der Waals surface area (Å²) in [5.41, 5.74) is 6.92. The van der Waals surface area contributed by atoms with Crippen molar-refractivity contribution in [2.75, 3.05) is 14.2 Å². The minimum atomic E-state index is 0.845. The first kappa shape index (κ1) is 17.9. The van der Waals surface area contributed by atoms with Crippen LogP contribution >= 0.6 is 0 Å². The van der Waals surface area contributed by atoms with E-state index in [0.717, 1.165) is 44.9 Å². The summed E-state index contributed by atoms with van der Waals surface area (Å²) in [7, 11) is 3.40. The standard InChI is InChI=1S/C26H22O2/c1-27-21-13-15-23(25(17-21)19-9-5-3-6-10-19)24-16-14-22(28-2)18-26(24)20-11-7-4-8-12-20/h3-18H,1-2H3. The van der Waals surface area contributed by atoms with Crippen LogP contribution in [-0.2, 0) is 0 Å². The van der Waals surface area contributed by atoms with Crippen molar-refractivity contribution >= 4 is 0 Å². The normalized spacial score (nSPS) is 10.5. The molecule has 0 atom stereocenters. The number of methoxy groups -OCH3 is 2. The zero-order valence-electron chi connectivity index (χ0n) is 16.1. The Balaban J connectivity index is 1.97. The first-order valence-electron chi connectivity index (χ1n) is 9.27. The lowest BCUT2D eigenvalue weighted by Gasteiger charge is -2.17. The van der Waals surface area contributed by atoms with Crippen LogP contribution in [0.25, 0.3) is 33.4 Å². The Morgan fingerprint density at radius 3 is 1.18 bits per heavy atom. The summed E-state index contributed by atoms with van der Waals surface area (Å²) in [6.45, 7) is 0. The highest BCUT2D eigenvalue weighted by Gasteiger charge is 2.14. The molecule has 2 nitrogen and oxygen atoms in total. The minimum absolute atomic E-state index is 0.845. The molecule has 0 aromatic heterocycles. The topological polar surface area (TPSA) is 18.5 Å². The van der Waals surface area contributed by atoms with Crippen LogP contribution < -0.4 is 9.47 Å². The lowest BCUT2D eigenvalue weighted by Crippen LogP contribution is -1.92. The van der Waals surface area contributed by atoms with Crippen LogP contribution in [0.3, 0.4) is 0 Å². The molecule has 0 saturated carbocycles. The Morgan fingerprint density at radius 1 is 0.429 bits per heavy atom. The van der Waals surface area contributed by atoms with E-state index >= 15 is 0 Å². The number of rotatable bonds is 5. The van der Waals surface area contributed by atoms with Crippen molar-refractivity contribution in [3.8, 4) is 44.9 Å². The van der Waals surface area contributed by atoms with Crippen molar-refractivity contribution in [3.63, 3.8) is 0 Å². The molecule has 0 aliphatic carbocycles. The van der Waals surface area contributed by atoms with E-state index in [4.69, 9.17) is 9.47 Å². The predicted molar refractivity (Wildman–Crippen MR) is 116 cm³/mol. The molecular formula is C26H22O2. The summed E-state index contributed by atoms with van der Waals surface area (Å²) < 4.78 is 11.0. The zero-order chi connectivity index (χ0) is 19.3. The van der Waals surface area contributed by atoms with Crippen molar-refractivity contribution in [3.05, 3.63) is 97.1 Å². The summed E-state index contributed by atoms with van der Waals surface area (Å²) in [6.07, 6.45) is 0. The van der Waals surface area contributed by atoms with Crippen molar-refractivity contribution in [2.24, 2.45) is 0 Å². The number of ether oxygens (including phenoxy) is 2. The molecule has 2 heteroatoms. The molecule has 0 amide bonds. The molecule has 0 radical (unpaired) electrons. The Kier molecular flexibility index (Phi) is 5.11. The Labute approximate surface area is 166 Å². The van der Waals surface area contributed by atoms with E-state index in [-0.39, 0.29) is 0 Å². The quantitative estimate of drug-likeness (QED) is 0.391. The van der Waals surface area contributed by atoms with E-state index in [1.807, 2.05) is 24.3 Å². The molecule has 4 rings (SSSR count). The lowest BCUT2D eigenvalue weighted by atomic mass is 9.89. The molecule has 0 heterocycles. The maximum Gasteiger partial charge on any atom is 0.119 e. The highest BCUT2D eigenvalue weighted by molar-refractivity contribution is 5.92. The molecular weight excluding hydrogens is 344 g/mol. The molecule has 28 heavy (non-hydrogen) atoms. The molecule has 0 aliphatic rings. The molecule has 4 aromatic carbocycles. The Hall–Kier alpha value is -3.52. The zero-order valence-corrected chi connectivity index (χ0v) is 16.1. The first-order chi connectivity index (χ1) is 13.8. The van der Waals surface area contributed by atoms with Gasteiger partial charge >= 0.3 is 0 Å². The van der Waals surface area contributed by atoms with Gasteiger partial charge in [0.2, 0.25) is 0 Å². The van der Waals surface area contributed by atoms with Crippen LogP contribution in [0, 0.1) is 0 Å². The van der Waals surface area contributed by atoms with Gasteiger partial charge in [-0.2, -0.15) is 0 Å². The predicted octanol–water partition coefficient (Wildman–Crippen LogP) is 6.70. The van der Waals surface area contributed by atoms with Gasteiger partial charge in [0, 0.05) is 0 Å². The van der Waals surface area contributed by atoms with E-state index in [1.165, 1.54) is 0 Å². The van der Waals surface area contributed by atoms with Crippen LogP contribution in [0.1, 0.15) is 0 Å². The van der Waals surface area contributed by atoms with Crippen LogP contribution in [0.2, 0.25) is 0 Å². The molecule has 0 N–H and O–H groups in total. The van der Waals surface area contributed by atoms with Crippen molar-refractivity contribution in [2.45, 2.75) is 0 Å². The molecule has 0 unspecified atom stereocenters. The monoisotopic (exact) mass is 366 g/mol. The average Bonchev–Trinajstić information content (AvgIpc) is 2.79. The van der Waals surface area contributed by atoms with Crippen molar-refractivity contribution in [1.82, 2.24) is 0 Å². The fourth-order valence-corrected chi connectivity index (χ4v) is 3.48. The maximum atomic E-state index is 5.50. The fraction of sp³-hybridized carbons (Fsp3) is 0.0769. The summed E-state index contributed by atoms with van der Waals surface area (Å²) in [5.74, 6) is 1.69. The van der Waals surface area contributed by atoms with Crippen LogP contribution in [0.5, 0.6) is 11.5 Å². The van der Waals surface area contributed by atoms with E-state index in [0.29, 0.717) is 0 Å². The smallest absolute Gasteiger partial charge is 0.119 e. The summed E-state index contributed by atoms with van der Waals surface area (Å²) in [4.78, 5) is 0. The molecule has 0 aliphatic heterocycles. The van der Waals surface area contributed by atoms with Gasteiger partial charge in [-0.25, -0.2) is 0 Å². The average molecular weight is 366 g/mol. The molecule has 0 saturated heterocycles. The van der Waals surface area contributed by atoms with Gasteiger partial charge in [0.15, 0.2) is 0 Å². The highest BCUT2D eigenvalue weighted by Crippen LogP contribution is 2.41. The molecule has 138 valence electrons. The van der Waals surface area contributed by atoms with Gasteiger partial charge in [0.1, 0.15) is 11.5 Å². The Morgan fingerprint density at radius 2 is 0.821 bits per heavy atom. The fourth-order valence-electron chi connectivity index (χ4n) is 3.48. The van der Waals surface area contributed by atoms with Gasteiger partial charge in [0.05, 0.1) is 14.2 Å². The summed E-state index contributed by atoms with van der Waals surface area (Å²) >= 11 is 0. The third-order valence-corrected chi connectivity index (χ3v) is 4.91. The largest absolute Gasteiger partial charge is 0.497 e. The molecule has 0 spiro atoms. The van der Waals surface area contributed by atoms with E-state index < -0.39 is 0 Å². The third kappa shape index (κ3) is 3.49. The second kappa shape index (κ2) is 8.01. The Bertz CT molecular complexity index is 981. The number of hydrogen-bond acceptors (Lipinski definition) is 2. The minimum Gasteiger partial charge on any atom is -0.497 e. The summed E-state index contributed by atoms with van der Waals surface area (Å²) in [5, 5.41) is 0. The van der Waals surface area contributed by atoms with Crippen molar-refractivity contribution in [1.29, 1.82) is 0 Å². The molecule has 0 bridgehead atoms. The number of hydrogen-bond donors (Lipinski definition) is 0. The van der Waals surface area contributed by atoms with E-state index in [9.17, 15) is 0 Å². The van der Waals surface area contributed by atoms with Crippen molar-refractivity contribution < 1.29 is 9.47 Å². The van der Waals surface area contributed by atoms with Crippen LogP contribution in [0.4, 0.5) is 0 Å². The van der Waals surface area contributed by atoms with Gasteiger partial charge < -0.3 is 9.47 Å². The highest BCUT2D eigenvalue weighted by atomic mass is 16.5. The lowest BCUT2D eigenvalue weighted by molar-refractivity contribution is 0.414. The molecule has 0 fully saturated rings. The van der Waals surface area contributed by atoms with E-state index in [1.54, 1.807) is 14.2 Å². The number of benzene rings is 4. The SMILES string of the molecule is COc1ccc(-c2ccc(OC)cc2-c2ccccc2)c(-c2ccccc2)c1. The third-order valence-electron chi connectivity index (χ3n) is 4.91. The van der Waals surface area contributed by atoms with Crippen LogP contribution in [-0.4, -0.2) is 14.2 Å². The molecule has 4 aromatic rings. The maximum absolute atomic E-state index is 5.50. The van der Waals surface area contributed by atoms with Gasteiger partial charge in [-0.1, -0.05) is 72.8 Å². The van der Waals surface area contributed by atoms with E-state index in [2.05, 4.69) is 72.8 Å².